The van der Waals surface area contributed by atoms with Crippen LogP contribution < -0.4 is 4.13 Å². The summed E-state index contributed by atoms with van der Waals surface area (Å²) in [6.45, 7) is 3.93. The lowest BCUT2D eigenvalue weighted by Gasteiger charge is -2.10. The van der Waals surface area contributed by atoms with Gasteiger partial charge in [-0.3, -0.25) is 0 Å². The zero-order chi connectivity index (χ0) is 12.5. The van der Waals surface area contributed by atoms with Gasteiger partial charge in [-0.05, 0) is 6.92 Å². The minimum Gasteiger partial charge on any atom is -0.376 e. The van der Waals surface area contributed by atoms with Crippen LogP contribution in [0.1, 0.15) is 6.92 Å². The molecular weight excluding hydrogens is 263 g/mol. The highest BCUT2D eigenvalue weighted by Gasteiger charge is 2.48. The second kappa shape index (κ2) is 3.98. The van der Waals surface area contributed by atoms with Crippen molar-refractivity contribution in [3.8, 4) is 0 Å². The van der Waals surface area contributed by atoms with Gasteiger partial charge in [-0.15, -0.1) is 0 Å². The number of hydrogen-bond donors (Lipinski definition) is 1. The van der Waals surface area contributed by atoms with Gasteiger partial charge in [0, 0.05) is 0 Å². The SMILES string of the molecule is C=C(C)OS(=O)(=O)NS(=O)(=O)C(F)(F)F. The Morgan fingerprint density at radius 1 is 1.27 bits per heavy atom. The van der Waals surface area contributed by atoms with Crippen LogP contribution in [0.3, 0.4) is 0 Å². The molecular formula is C4H6F3NO5S2. The molecule has 6 nitrogen and oxygen atoms in total. The summed E-state index contributed by atoms with van der Waals surface area (Å²) in [6.07, 6.45) is 0. The van der Waals surface area contributed by atoms with E-state index in [1.165, 1.54) is 0 Å². The average molecular weight is 269 g/mol. The quantitative estimate of drug-likeness (QED) is 0.737. The predicted octanol–water partition coefficient (Wildman–Crippen LogP) is 0.221. The molecule has 0 amide bonds. The number of alkyl halides is 3. The molecule has 0 saturated heterocycles. The highest BCUT2D eigenvalue weighted by atomic mass is 32.3. The van der Waals surface area contributed by atoms with Crippen molar-refractivity contribution in [1.82, 2.24) is 4.13 Å². The Hall–Kier alpha value is -0.810. The first kappa shape index (κ1) is 14.2. The van der Waals surface area contributed by atoms with Gasteiger partial charge in [0.05, 0.1) is 0 Å². The molecule has 0 saturated carbocycles. The highest BCUT2D eigenvalue weighted by Crippen LogP contribution is 2.22. The molecule has 0 rings (SSSR count). The van der Waals surface area contributed by atoms with E-state index < -0.39 is 31.6 Å². The van der Waals surface area contributed by atoms with Crippen molar-refractivity contribution >= 4 is 20.3 Å². The van der Waals surface area contributed by atoms with Gasteiger partial charge in [0.1, 0.15) is 5.76 Å². The normalized spacial score (nSPS) is 13.6. The Bertz CT molecular complexity index is 447. The van der Waals surface area contributed by atoms with E-state index in [1.54, 1.807) is 0 Å². The van der Waals surface area contributed by atoms with Crippen LogP contribution in [0.4, 0.5) is 13.2 Å². The molecule has 0 aromatic carbocycles. The van der Waals surface area contributed by atoms with E-state index in [0.717, 1.165) is 6.92 Å². The summed E-state index contributed by atoms with van der Waals surface area (Å²) >= 11 is 0. The maximum atomic E-state index is 11.7. The molecule has 0 aliphatic heterocycles. The molecule has 11 heteroatoms. The summed E-state index contributed by atoms with van der Waals surface area (Å²) in [5.41, 5.74) is -5.74. The highest BCUT2D eigenvalue weighted by molar-refractivity contribution is 8.03. The number of sulfonamides is 1. The molecule has 15 heavy (non-hydrogen) atoms. The molecule has 0 aromatic heterocycles. The summed E-state index contributed by atoms with van der Waals surface area (Å²) in [5, 5.41) is 0. The van der Waals surface area contributed by atoms with Crippen molar-refractivity contribution in [2.45, 2.75) is 12.4 Å². The molecule has 0 heterocycles. The lowest BCUT2D eigenvalue weighted by Crippen LogP contribution is -2.40. The molecule has 0 aromatic rings. The zero-order valence-electron chi connectivity index (χ0n) is 7.20. The van der Waals surface area contributed by atoms with Crippen LogP contribution in [0.15, 0.2) is 12.3 Å². The first-order chi connectivity index (χ1) is 6.37. The summed E-state index contributed by atoms with van der Waals surface area (Å²) in [5.74, 6) is -0.486. The molecule has 90 valence electrons. The van der Waals surface area contributed by atoms with Gasteiger partial charge in [-0.2, -0.15) is 21.6 Å². The molecule has 0 atom stereocenters. The Labute approximate surface area is 84.0 Å². The molecule has 1 N–H and O–H groups in total. The first-order valence-corrected chi connectivity index (χ1v) is 5.96. The molecule has 0 aliphatic carbocycles. The lowest BCUT2D eigenvalue weighted by atomic mass is 10.7. The predicted molar refractivity (Wildman–Crippen MR) is 42.9 cm³/mol. The van der Waals surface area contributed by atoms with E-state index in [2.05, 4.69) is 10.8 Å². The molecule has 0 unspecified atom stereocenters. The Morgan fingerprint density at radius 3 is 1.93 bits per heavy atom. The fraction of sp³-hybridized carbons (Fsp3) is 0.500. The van der Waals surface area contributed by atoms with Crippen molar-refractivity contribution in [3.05, 3.63) is 12.3 Å². The van der Waals surface area contributed by atoms with Crippen molar-refractivity contribution in [3.63, 3.8) is 0 Å². The second-order valence-electron chi connectivity index (χ2n) is 2.27. The van der Waals surface area contributed by atoms with Crippen LogP contribution in [-0.2, 0) is 24.5 Å². The smallest absolute Gasteiger partial charge is 0.376 e. The van der Waals surface area contributed by atoms with E-state index in [-0.39, 0.29) is 0 Å². The standard InChI is InChI=1S/C4H6F3NO5S2/c1-3(2)13-15(11,12)8-14(9,10)4(5,6)7/h8H,1H2,2H3. The molecule has 0 bridgehead atoms. The third kappa shape index (κ3) is 4.48. The van der Waals surface area contributed by atoms with Gasteiger partial charge >= 0.3 is 25.8 Å². The van der Waals surface area contributed by atoms with Gasteiger partial charge in [0.25, 0.3) is 0 Å². The van der Waals surface area contributed by atoms with Crippen molar-refractivity contribution in [1.29, 1.82) is 0 Å². The molecule has 0 aliphatic rings. The number of rotatable bonds is 4. The topological polar surface area (TPSA) is 89.5 Å². The monoisotopic (exact) mass is 269 g/mol. The van der Waals surface area contributed by atoms with Gasteiger partial charge in [0.15, 0.2) is 0 Å². The van der Waals surface area contributed by atoms with Gasteiger partial charge in [-0.25, -0.2) is 8.42 Å². The minimum atomic E-state index is -6.01. The van der Waals surface area contributed by atoms with E-state index in [4.69, 9.17) is 0 Å². The third-order valence-corrected chi connectivity index (χ3v) is 3.58. The number of halogens is 3. The van der Waals surface area contributed by atoms with Crippen LogP contribution in [0.25, 0.3) is 0 Å². The average Bonchev–Trinajstić information content (AvgIpc) is 1.75. The Kier molecular flexibility index (Phi) is 3.77. The maximum Gasteiger partial charge on any atom is 0.512 e. The van der Waals surface area contributed by atoms with Crippen molar-refractivity contribution in [2.24, 2.45) is 0 Å². The molecule has 0 fully saturated rings. The zero-order valence-corrected chi connectivity index (χ0v) is 8.83. The van der Waals surface area contributed by atoms with Crippen LogP contribution in [0.2, 0.25) is 0 Å². The number of nitrogens with one attached hydrogen (secondary N) is 1. The lowest BCUT2D eigenvalue weighted by molar-refractivity contribution is -0.0442. The van der Waals surface area contributed by atoms with Crippen molar-refractivity contribution < 1.29 is 34.2 Å². The van der Waals surface area contributed by atoms with Crippen LogP contribution in [-0.4, -0.2) is 22.3 Å². The second-order valence-corrected chi connectivity index (χ2v) is 5.48. The minimum absolute atomic E-state index is 0.340. The number of hydrogen-bond acceptors (Lipinski definition) is 5. The van der Waals surface area contributed by atoms with Crippen LogP contribution >= 0.6 is 0 Å². The Morgan fingerprint density at radius 2 is 1.67 bits per heavy atom. The van der Waals surface area contributed by atoms with E-state index in [0.29, 0.717) is 4.13 Å². The summed E-state index contributed by atoms with van der Waals surface area (Å²) < 4.78 is 81.1. The van der Waals surface area contributed by atoms with Crippen molar-refractivity contribution in [2.75, 3.05) is 0 Å². The summed E-state index contributed by atoms with van der Waals surface area (Å²) in [6, 6.07) is 0. The van der Waals surface area contributed by atoms with E-state index >= 15 is 0 Å². The first-order valence-electron chi connectivity index (χ1n) is 3.07. The summed E-state index contributed by atoms with van der Waals surface area (Å²) in [7, 11) is -11.1. The van der Waals surface area contributed by atoms with Gasteiger partial charge in [0.2, 0.25) is 0 Å². The molecule has 0 spiro atoms. The number of allylic oxidation sites excluding steroid dienone is 1. The third-order valence-electron chi connectivity index (χ3n) is 0.768. The Balaban J connectivity index is 5.00. The van der Waals surface area contributed by atoms with E-state index in [1.807, 2.05) is 0 Å². The van der Waals surface area contributed by atoms with Gasteiger partial charge in [-0.1, -0.05) is 10.7 Å². The summed E-state index contributed by atoms with van der Waals surface area (Å²) in [4.78, 5) is 0. The molecule has 0 radical (unpaired) electrons. The fourth-order valence-electron chi connectivity index (χ4n) is 0.386. The maximum absolute atomic E-state index is 11.7. The largest absolute Gasteiger partial charge is 0.512 e. The van der Waals surface area contributed by atoms with E-state index in [9.17, 15) is 30.0 Å². The fourth-order valence-corrected chi connectivity index (χ4v) is 2.35. The van der Waals surface area contributed by atoms with Crippen LogP contribution in [0.5, 0.6) is 0 Å². The van der Waals surface area contributed by atoms with Crippen LogP contribution in [0, 0.1) is 0 Å². The van der Waals surface area contributed by atoms with Gasteiger partial charge < -0.3 is 4.18 Å².